The average Bonchev–Trinajstić information content (AvgIpc) is 1.99. The van der Waals surface area contributed by atoms with Crippen LogP contribution in [0.25, 0.3) is 0 Å². The zero-order valence-corrected chi connectivity index (χ0v) is 8.35. The maximum absolute atomic E-state index is 11.1. The molecule has 0 aliphatic heterocycles. The molecule has 0 amide bonds. The molecule has 0 rings (SSSR count). The van der Waals surface area contributed by atoms with Crippen LogP contribution in [0.1, 0.15) is 27.2 Å². The number of ketones is 1. The number of hydrogen-bond donors (Lipinski definition) is 0. The normalized spacial score (nSPS) is 14.2. The van der Waals surface area contributed by atoms with Crippen LogP contribution in [0, 0.1) is 0 Å². The molecule has 1 atom stereocenters. The molecule has 0 N–H and O–H groups in total. The summed E-state index contributed by atoms with van der Waals surface area (Å²) in [4.78, 5) is 10.4. The summed E-state index contributed by atoms with van der Waals surface area (Å²) in [6.45, 7) is 4.23. The van der Waals surface area contributed by atoms with Gasteiger partial charge in [0.05, 0.1) is 5.25 Å². The van der Waals surface area contributed by atoms with E-state index < -0.39 is 15.4 Å². The molecular weight excluding hydrogens is 180 g/mol. The first-order chi connectivity index (χ1) is 5.40. The fourth-order valence-corrected chi connectivity index (χ4v) is 1.46. The average molecular weight is 194 g/mol. The highest BCUT2D eigenvalue weighted by Crippen LogP contribution is 2.06. The Kier molecular flexibility index (Phi) is 4.41. The van der Waals surface area contributed by atoms with Gasteiger partial charge in [-0.05, 0) is 20.3 Å². The van der Waals surface area contributed by atoms with Crippen LogP contribution < -0.4 is 0 Å². The maximum atomic E-state index is 11.1. The molecule has 0 radical (unpaired) electrons. The van der Waals surface area contributed by atoms with Gasteiger partial charge >= 0.3 is 0 Å². The quantitative estimate of drug-likeness (QED) is 0.605. The lowest BCUT2D eigenvalue weighted by atomic mass is 10.4. The molecule has 0 spiro atoms. The van der Waals surface area contributed by atoms with Crippen LogP contribution in [0.5, 0.6) is 0 Å². The van der Waals surface area contributed by atoms with Gasteiger partial charge in [0.1, 0.15) is 6.61 Å². The summed E-state index contributed by atoms with van der Waals surface area (Å²) in [6, 6.07) is 0. The highest BCUT2D eigenvalue weighted by Gasteiger charge is 2.19. The van der Waals surface area contributed by atoms with Crippen LogP contribution in [-0.4, -0.2) is 26.1 Å². The van der Waals surface area contributed by atoms with E-state index in [1.807, 2.05) is 0 Å². The minimum atomic E-state index is -3.53. The zero-order chi connectivity index (χ0) is 9.78. The predicted octanol–water partition coefficient (Wildman–Crippen LogP) is 0.720. The van der Waals surface area contributed by atoms with Gasteiger partial charge in [-0.2, -0.15) is 8.42 Å². The second kappa shape index (κ2) is 4.57. The van der Waals surface area contributed by atoms with E-state index in [0.717, 1.165) is 0 Å². The summed E-state index contributed by atoms with van der Waals surface area (Å²) < 4.78 is 26.6. The van der Waals surface area contributed by atoms with E-state index in [4.69, 9.17) is 0 Å². The minimum Gasteiger partial charge on any atom is -0.297 e. The third kappa shape index (κ3) is 3.82. The zero-order valence-electron chi connectivity index (χ0n) is 7.53. The van der Waals surface area contributed by atoms with Crippen molar-refractivity contribution in [2.24, 2.45) is 0 Å². The minimum absolute atomic E-state index is 0.290. The Morgan fingerprint density at radius 3 is 2.33 bits per heavy atom. The lowest BCUT2D eigenvalue weighted by Gasteiger charge is -2.08. The van der Waals surface area contributed by atoms with Gasteiger partial charge in [-0.15, -0.1) is 0 Å². The van der Waals surface area contributed by atoms with Crippen molar-refractivity contribution in [2.75, 3.05) is 6.61 Å². The Balaban J connectivity index is 4.15. The molecule has 5 heteroatoms. The lowest BCUT2D eigenvalue weighted by Crippen LogP contribution is -2.22. The largest absolute Gasteiger partial charge is 0.297 e. The van der Waals surface area contributed by atoms with Crippen LogP contribution in [0.2, 0.25) is 0 Å². The van der Waals surface area contributed by atoms with Crippen molar-refractivity contribution >= 4 is 15.9 Å². The lowest BCUT2D eigenvalue weighted by molar-refractivity contribution is -0.118. The van der Waals surface area contributed by atoms with Crippen molar-refractivity contribution in [3.63, 3.8) is 0 Å². The first-order valence-electron chi connectivity index (χ1n) is 3.77. The summed E-state index contributed by atoms with van der Waals surface area (Å²) in [5.41, 5.74) is 0. The molecule has 0 saturated heterocycles. The second-order valence-electron chi connectivity index (χ2n) is 2.68. The van der Waals surface area contributed by atoms with E-state index >= 15 is 0 Å². The van der Waals surface area contributed by atoms with Crippen molar-refractivity contribution in [1.29, 1.82) is 0 Å². The first-order valence-corrected chi connectivity index (χ1v) is 5.25. The van der Waals surface area contributed by atoms with Gasteiger partial charge in [0.2, 0.25) is 0 Å². The number of Topliss-reactive ketones (excluding diaryl/α,β-unsaturated/α-hetero) is 1. The number of carbonyl (C=O) groups is 1. The van der Waals surface area contributed by atoms with Crippen molar-refractivity contribution in [3.8, 4) is 0 Å². The molecule has 0 fully saturated rings. The maximum Gasteiger partial charge on any atom is 0.270 e. The van der Waals surface area contributed by atoms with E-state index in [1.165, 1.54) is 6.92 Å². The standard InChI is InChI=1S/C7H14O4S/c1-4-7(3)12(9,10)11-5-6(2)8/h7H,4-5H2,1-3H3. The van der Waals surface area contributed by atoms with Gasteiger partial charge in [-0.1, -0.05) is 6.92 Å². The second-order valence-corrected chi connectivity index (χ2v) is 4.70. The molecule has 4 nitrogen and oxygen atoms in total. The van der Waals surface area contributed by atoms with Gasteiger partial charge in [0.15, 0.2) is 5.78 Å². The van der Waals surface area contributed by atoms with Crippen molar-refractivity contribution < 1.29 is 17.4 Å². The van der Waals surface area contributed by atoms with Crippen molar-refractivity contribution in [3.05, 3.63) is 0 Å². The molecular formula is C7H14O4S. The molecule has 1 unspecified atom stereocenters. The fraction of sp³-hybridized carbons (Fsp3) is 0.857. The Bertz CT molecular complexity index is 242. The van der Waals surface area contributed by atoms with Gasteiger partial charge in [-0.25, -0.2) is 0 Å². The van der Waals surface area contributed by atoms with Gasteiger partial charge in [-0.3, -0.25) is 8.98 Å². The predicted molar refractivity (Wildman–Crippen MR) is 45.3 cm³/mol. The summed E-state index contributed by atoms with van der Waals surface area (Å²) in [6.07, 6.45) is 0.486. The summed E-state index contributed by atoms with van der Waals surface area (Å²) in [7, 11) is -3.53. The molecule has 72 valence electrons. The molecule has 0 bridgehead atoms. The third-order valence-corrected chi connectivity index (χ3v) is 3.26. The van der Waals surface area contributed by atoms with Crippen LogP contribution in [0.15, 0.2) is 0 Å². The first kappa shape index (κ1) is 11.6. The Morgan fingerprint density at radius 1 is 1.50 bits per heavy atom. The van der Waals surface area contributed by atoms with Crippen molar-refractivity contribution in [2.45, 2.75) is 32.4 Å². The number of hydrogen-bond acceptors (Lipinski definition) is 4. The van der Waals surface area contributed by atoms with E-state index in [2.05, 4.69) is 4.18 Å². The topological polar surface area (TPSA) is 60.4 Å². The highest BCUT2D eigenvalue weighted by atomic mass is 32.2. The molecule has 0 aromatic heterocycles. The van der Waals surface area contributed by atoms with Crippen LogP contribution in [0.3, 0.4) is 0 Å². The SMILES string of the molecule is CCC(C)S(=O)(=O)OCC(C)=O. The Morgan fingerprint density at radius 2 is 2.00 bits per heavy atom. The summed E-state index contributed by atoms with van der Waals surface area (Å²) in [5, 5.41) is -0.545. The smallest absolute Gasteiger partial charge is 0.270 e. The monoisotopic (exact) mass is 194 g/mol. The molecule has 0 heterocycles. The van der Waals surface area contributed by atoms with Gasteiger partial charge in [0, 0.05) is 0 Å². The third-order valence-electron chi connectivity index (χ3n) is 1.49. The van der Waals surface area contributed by atoms with Gasteiger partial charge in [0.25, 0.3) is 10.1 Å². The van der Waals surface area contributed by atoms with E-state index in [-0.39, 0.29) is 12.4 Å². The summed E-state index contributed by atoms with van der Waals surface area (Å²) >= 11 is 0. The molecule has 0 aromatic rings. The Hall–Kier alpha value is -0.420. The molecule has 0 aliphatic rings. The Labute approximate surface area is 73.0 Å². The molecule has 0 aliphatic carbocycles. The van der Waals surface area contributed by atoms with Crippen LogP contribution >= 0.6 is 0 Å². The van der Waals surface area contributed by atoms with E-state index in [1.54, 1.807) is 13.8 Å². The van der Waals surface area contributed by atoms with E-state index in [0.29, 0.717) is 6.42 Å². The number of rotatable bonds is 5. The van der Waals surface area contributed by atoms with Gasteiger partial charge < -0.3 is 0 Å². The highest BCUT2D eigenvalue weighted by molar-refractivity contribution is 7.87. The van der Waals surface area contributed by atoms with E-state index in [9.17, 15) is 13.2 Å². The number of carbonyl (C=O) groups excluding carboxylic acids is 1. The van der Waals surface area contributed by atoms with Crippen LogP contribution in [0.4, 0.5) is 0 Å². The molecule has 0 saturated carbocycles. The van der Waals surface area contributed by atoms with Crippen molar-refractivity contribution in [1.82, 2.24) is 0 Å². The van der Waals surface area contributed by atoms with Crippen LogP contribution in [-0.2, 0) is 19.1 Å². The molecule has 12 heavy (non-hydrogen) atoms. The fourth-order valence-electron chi connectivity index (χ4n) is 0.485. The molecule has 0 aromatic carbocycles. The summed E-state index contributed by atoms with van der Waals surface area (Å²) in [5.74, 6) is -0.290.